The SMILES string of the molecule is S=C(Nc1ccc(OCc2ccc(OCCN3CCCCC3)cc2)c2ccccc12)NC1CCCC1. The highest BCUT2D eigenvalue weighted by Gasteiger charge is 2.16. The largest absolute Gasteiger partial charge is 0.492 e. The standard InChI is InChI=1S/C30H37N3O2S/c36-30(31-24-8-2-3-9-24)32-28-16-17-29(27-11-5-4-10-26(27)28)35-22-23-12-14-25(15-13-23)34-21-20-33-18-6-1-7-19-33/h4-5,10-17,24H,1-3,6-9,18-22H2,(H2,31,32,36). The molecule has 2 fully saturated rings. The number of hydrogen-bond acceptors (Lipinski definition) is 4. The Hall–Kier alpha value is -2.83. The molecule has 1 saturated carbocycles. The average molecular weight is 504 g/mol. The first-order chi connectivity index (χ1) is 17.7. The number of benzene rings is 3. The van der Waals surface area contributed by atoms with Crippen LogP contribution in [0.4, 0.5) is 5.69 Å². The molecule has 1 aliphatic heterocycles. The second kappa shape index (κ2) is 12.4. The monoisotopic (exact) mass is 503 g/mol. The molecule has 36 heavy (non-hydrogen) atoms. The van der Waals surface area contributed by atoms with Gasteiger partial charge >= 0.3 is 0 Å². The van der Waals surface area contributed by atoms with E-state index in [2.05, 4.69) is 51.9 Å². The Labute approximate surface area is 220 Å². The maximum absolute atomic E-state index is 6.25. The summed E-state index contributed by atoms with van der Waals surface area (Å²) in [7, 11) is 0. The summed E-state index contributed by atoms with van der Waals surface area (Å²) < 4.78 is 12.2. The fourth-order valence-corrected chi connectivity index (χ4v) is 5.52. The van der Waals surface area contributed by atoms with Crippen LogP contribution in [-0.4, -0.2) is 42.3 Å². The van der Waals surface area contributed by atoms with E-state index in [-0.39, 0.29) is 0 Å². The van der Waals surface area contributed by atoms with E-state index in [1.165, 1.54) is 58.0 Å². The number of fused-ring (bicyclic) bond motifs is 1. The average Bonchev–Trinajstić information content (AvgIpc) is 3.42. The van der Waals surface area contributed by atoms with Crippen LogP contribution in [0.1, 0.15) is 50.5 Å². The van der Waals surface area contributed by atoms with Crippen molar-refractivity contribution in [1.82, 2.24) is 10.2 Å². The lowest BCUT2D eigenvalue weighted by Gasteiger charge is -2.26. The van der Waals surface area contributed by atoms with Gasteiger partial charge in [0, 0.05) is 29.0 Å². The zero-order valence-corrected chi connectivity index (χ0v) is 21.8. The fourth-order valence-electron chi connectivity index (χ4n) is 5.24. The number of nitrogens with one attached hydrogen (secondary N) is 2. The lowest BCUT2D eigenvalue weighted by Crippen LogP contribution is -2.35. The van der Waals surface area contributed by atoms with Crippen molar-refractivity contribution in [2.75, 3.05) is 31.6 Å². The van der Waals surface area contributed by atoms with Crippen molar-refractivity contribution < 1.29 is 9.47 Å². The molecule has 0 spiro atoms. The molecule has 190 valence electrons. The predicted molar refractivity (Wildman–Crippen MR) is 152 cm³/mol. The van der Waals surface area contributed by atoms with Crippen LogP contribution in [0.15, 0.2) is 60.7 Å². The van der Waals surface area contributed by atoms with E-state index in [0.29, 0.717) is 17.8 Å². The Morgan fingerprint density at radius 3 is 2.36 bits per heavy atom. The van der Waals surface area contributed by atoms with E-state index in [4.69, 9.17) is 21.7 Å². The summed E-state index contributed by atoms with van der Waals surface area (Å²) in [6.07, 6.45) is 8.95. The van der Waals surface area contributed by atoms with Gasteiger partial charge in [-0.25, -0.2) is 0 Å². The highest BCUT2D eigenvalue weighted by Crippen LogP contribution is 2.32. The highest BCUT2D eigenvalue weighted by atomic mass is 32.1. The van der Waals surface area contributed by atoms with Gasteiger partial charge in [0.15, 0.2) is 5.11 Å². The van der Waals surface area contributed by atoms with Crippen LogP contribution < -0.4 is 20.1 Å². The Morgan fingerprint density at radius 2 is 1.58 bits per heavy atom. The van der Waals surface area contributed by atoms with Gasteiger partial charge in [-0.3, -0.25) is 4.90 Å². The number of piperidine rings is 1. The first-order valence-electron chi connectivity index (χ1n) is 13.4. The third kappa shape index (κ3) is 6.68. The smallest absolute Gasteiger partial charge is 0.171 e. The highest BCUT2D eigenvalue weighted by molar-refractivity contribution is 7.80. The number of hydrogen-bond donors (Lipinski definition) is 2. The van der Waals surface area contributed by atoms with Crippen LogP contribution in [0.3, 0.4) is 0 Å². The van der Waals surface area contributed by atoms with Crippen LogP contribution in [0.2, 0.25) is 0 Å². The maximum atomic E-state index is 6.25. The van der Waals surface area contributed by atoms with E-state index in [0.717, 1.165) is 46.7 Å². The molecule has 0 unspecified atom stereocenters. The van der Waals surface area contributed by atoms with Gasteiger partial charge < -0.3 is 20.1 Å². The zero-order chi connectivity index (χ0) is 24.6. The van der Waals surface area contributed by atoms with Gasteiger partial charge in [0.25, 0.3) is 0 Å². The van der Waals surface area contributed by atoms with E-state index in [1.807, 2.05) is 24.3 Å². The molecule has 0 amide bonds. The molecule has 2 aliphatic rings. The van der Waals surface area contributed by atoms with Gasteiger partial charge in [-0.15, -0.1) is 0 Å². The molecule has 6 heteroatoms. The normalized spacial score (nSPS) is 16.7. The summed E-state index contributed by atoms with van der Waals surface area (Å²) in [5.74, 6) is 1.78. The molecule has 3 aromatic rings. The minimum absolute atomic E-state index is 0.491. The van der Waals surface area contributed by atoms with Crippen LogP contribution in [0, 0.1) is 0 Å². The quantitative estimate of drug-likeness (QED) is 0.325. The van der Waals surface area contributed by atoms with Gasteiger partial charge in [0.2, 0.25) is 0 Å². The molecule has 1 saturated heterocycles. The summed E-state index contributed by atoms with van der Waals surface area (Å²) >= 11 is 5.59. The first kappa shape index (κ1) is 24.8. The molecule has 5 rings (SSSR count). The number of thiocarbonyl (C=S) groups is 1. The van der Waals surface area contributed by atoms with Gasteiger partial charge in [0.05, 0.1) is 0 Å². The van der Waals surface area contributed by atoms with E-state index < -0.39 is 0 Å². The van der Waals surface area contributed by atoms with Crippen LogP contribution in [0.25, 0.3) is 10.8 Å². The molecule has 3 aromatic carbocycles. The van der Waals surface area contributed by atoms with Crippen molar-refractivity contribution in [3.8, 4) is 11.5 Å². The molecular weight excluding hydrogens is 466 g/mol. The van der Waals surface area contributed by atoms with Crippen molar-refractivity contribution in [2.45, 2.75) is 57.6 Å². The minimum Gasteiger partial charge on any atom is -0.492 e. The second-order valence-electron chi connectivity index (χ2n) is 9.92. The van der Waals surface area contributed by atoms with E-state index >= 15 is 0 Å². The number of ether oxygens (including phenoxy) is 2. The molecule has 0 bridgehead atoms. The minimum atomic E-state index is 0.491. The molecule has 2 N–H and O–H groups in total. The third-order valence-corrected chi connectivity index (χ3v) is 7.49. The van der Waals surface area contributed by atoms with E-state index in [1.54, 1.807) is 0 Å². The van der Waals surface area contributed by atoms with E-state index in [9.17, 15) is 0 Å². The summed E-state index contributed by atoms with van der Waals surface area (Å²) in [5, 5.41) is 9.73. The lowest BCUT2D eigenvalue weighted by atomic mass is 10.1. The van der Waals surface area contributed by atoms with Crippen molar-refractivity contribution >= 4 is 33.8 Å². The number of likely N-dealkylation sites (tertiary alicyclic amines) is 1. The molecular formula is C30H37N3O2S. The number of rotatable bonds is 9. The van der Waals surface area contributed by atoms with Gasteiger partial charge in [-0.1, -0.05) is 55.7 Å². The third-order valence-electron chi connectivity index (χ3n) is 7.27. The predicted octanol–water partition coefficient (Wildman–Crippen LogP) is 6.51. The summed E-state index contributed by atoms with van der Waals surface area (Å²) in [6.45, 7) is 4.66. The Morgan fingerprint density at radius 1 is 0.833 bits per heavy atom. The second-order valence-corrected chi connectivity index (χ2v) is 10.3. The van der Waals surface area contributed by atoms with Crippen molar-refractivity contribution in [2.24, 2.45) is 0 Å². The maximum Gasteiger partial charge on any atom is 0.171 e. The molecule has 5 nitrogen and oxygen atoms in total. The Balaban J connectivity index is 1.16. The molecule has 0 radical (unpaired) electrons. The molecule has 0 atom stereocenters. The fraction of sp³-hybridized carbons (Fsp3) is 0.433. The van der Waals surface area contributed by atoms with Crippen LogP contribution in [-0.2, 0) is 6.61 Å². The zero-order valence-electron chi connectivity index (χ0n) is 21.0. The van der Waals surface area contributed by atoms with Crippen molar-refractivity contribution in [1.29, 1.82) is 0 Å². The topological polar surface area (TPSA) is 45.8 Å². The van der Waals surface area contributed by atoms with Crippen LogP contribution >= 0.6 is 12.2 Å². The summed E-state index contributed by atoms with van der Waals surface area (Å²) in [5.41, 5.74) is 2.12. The molecule has 1 aliphatic carbocycles. The number of nitrogens with zero attached hydrogens (tertiary/aromatic N) is 1. The summed E-state index contributed by atoms with van der Waals surface area (Å²) in [4.78, 5) is 2.50. The first-order valence-corrected chi connectivity index (χ1v) is 13.8. The van der Waals surface area contributed by atoms with Gasteiger partial charge in [-0.2, -0.15) is 0 Å². The van der Waals surface area contributed by atoms with Gasteiger partial charge in [0.1, 0.15) is 24.7 Å². The van der Waals surface area contributed by atoms with Crippen molar-refractivity contribution in [3.05, 3.63) is 66.2 Å². The van der Waals surface area contributed by atoms with Crippen LogP contribution in [0.5, 0.6) is 11.5 Å². The van der Waals surface area contributed by atoms with Crippen molar-refractivity contribution in [3.63, 3.8) is 0 Å². The number of anilines is 1. The van der Waals surface area contributed by atoms with Gasteiger partial charge in [-0.05, 0) is 80.8 Å². The Bertz CT molecular complexity index is 1140. The Kier molecular flexibility index (Phi) is 8.57. The lowest BCUT2D eigenvalue weighted by molar-refractivity contribution is 0.183. The molecule has 1 heterocycles. The molecule has 0 aromatic heterocycles. The summed E-state index contributed by atoms with van der Waals surface area (Å²) in [6, 6.07) is 21.1.